The number of carbonyl (C=O) groups excluding carboxylic acids is 3. The number of hydrogen-bond donors (Lipinski definition) is 2. The van der Waals surface area contributed by atoms with E-state index in [-0.39, 0.29) is 23.8 Å². The highest BCUT2D eigenvalue weighted by Gasteiger charge is 2.72. The maximum Gasteiger partial charge on any atom is 0.246 e. The van der Waals surface area contributed by atoms with Crippen LogP contribution in [0.3, 0.4) is 0 Å². The minimum atomic E-state index is -1.13. The molecule has 2 bridgehead atoms. The molecule has 6 rings (SSSR count). The summed E-state index contributed by atoms with van der Waals surface area (Å²) in [6, 6.07) is 6.31. The molecule has 6 atom stereocenters. The van der Waals surface area contributed by atoms with Crippen molar-refractivity contribution in [2.45, 2.75) is 82.1 Å². The van der Waals surface area contributed by atoms with Gasteiger partial charge in [0.15, 0.2) is 0 Å². The van der Waals surface area contributed by atoms with Gasteiger partial charge in [0.1, 0.15) is 11.6 Å². The number of fused-ring (bicyclic) bond motifs is 1. The molecule has 2 N–H and O–H groups in total. The van der Waals surface area contributed by atoms with E-state index in [1.165, 1.54) is 19.3 Å². The highest BCUT2D eigenvalue weighted by Crippen LogP contribution is 2.55. The van der Waals surface area contributed by atoms with Crippen molar-refractivity contribution in [1.29, 1.82) is 0 Å². The Morgan fingerprint density at radius 3 is 2.70 bits per heavy atom. The average Bonchev–Trinajstić information content (AvgIpc) is 3.57. The predicted molar refractivity (Wildman–Crippen MR) is 154 cm³/mol. The van der Waals surface area contributed by atoms with E-state index in [4.69, 9.17) is 16.3 Å². The highest BCUT2D eigenvalue weighted by molar-refractivity contribution is 6.30. The van der Waals surface area contributed by atoms with Gasteiger partial charge in [0, 0.05) is 29.8 Å². The molecule has 1 aliphatic carbocycles. The third kappa shape index (κ3) is 5.19. The molecule has 0 aromatic heterocycles. The van der Waals surface area contributed by atoms with E-state index in [1.54, 1.807) is 29.2 Å². The molecule has 4 fully saturated rings. The van der Waals surface area contributed by atoms with Gasteiger partial charge in [-0.2, -0.15) is 0 Å². The van der Waals surface area contributed by atoms with E-state index in [2.05, 4.69) is 22.5 Å². The number of halogens is 1. The molecule has 0 unspecified atom stereocenters. The summed E-state index contributed by atoms with van der Waals surface area (Å²) < 4.78 is 6.48. The molecular weight excluding hydrogens is 528 g/mol. The van der Waals surface area contributed by atoms with Crippen molar-refractivity contribution in [2.75, 3.05) is 31.5 Å². The first-order chi connectivity index (χ1) is 19.4. The average molecular weight is 569 g/mol. The summed E-state index contributed by atoms with van der Waals surface area (Å²) in [5, 5.41) is 6.72. The van der Waals surface area contributed by atoms with Gasteiger partial charge in [-0.05, 0) is 69.3 Å². The molecular formula is C31H41ClN4O4. The largest absolute Gasteiger partial charge is 0.359 e. The van der Waals surface area contributed by atoms with Gasteiger partial charge >= 0.3 is 0 Å². The first-order valence-electron chi connectivity index (χ1n) is 15.1. The summed E-state index contributed by atoms with van der Waals surface area (Å²) in [4.78, 5) is 45.9. The Hall–Kier alpha value is -2.42. The summed E-state index contributed by atoms with van der Waals surface area (Å²) in [7, 11) is 0. The number of nitrogens with one attached hydrogen (secondary N) is 2. The third-order valence-corrected chi connectivity index (χ3v) is 9.82. The molecule has 3 amide bonds. The number of nitrogens with zero attached hydrogens (tertiary/aromatic N) is 2. The molecule has 8 nitrogen and oxygen atoms in total. The first kappa shape index (κ1) is 27.7. The van der Waals surface area contributed by atoms with E-state index in [0.29, 0.717) is 23.2 Å². The van der Waals surface area contributed by atoms with Crippen LogP contribution < -0.4 is 10.6 Å². The number of benzene rings is 1. The maximum absolute atomic E-state index is 14.2. The lowest BCUT2D eigenvalue weighted by Crippen LogP contribution is -2.56. The number of carbonyl (C=O) groups is 3. The molecule has 1 spiro atoms. The summed E-state index contributed by atoms with van der Waals surface area (Å²) in [6.07, 6.45) is 11.8. The van der Waals surface area contributed by atoms with Crippen molar-refractivity contribution in [3.63, 3.8) is 0 Å². The molecule has 4 heterocycles. The smallest absolute Gasteiger partial charge is 0.246 e. The lowest BCUT2D eigenvalue weighted by atomic mass is 9.74. The molecule has 1 aromatic rings. The monoisotopic (exact) mass is 568 g/mol. The Balaban J connectivity index is 1.23. The van der Waals surface area contributed by atoms with Crippen molar-refractivity contribution < 1.29 is 19.1 Å². The van der Waals surface area contributed by atoms with Gasteiger partial charge < -0.3 is 25.2 Å². The number of anilines is 1. The minimum absolute atomic E-state index is 0.119. The van der Waals surface area contributed by atoms with E-state index >= 15 is 0 Å². The molecule has 0 radical (unpaired) electrons. The number of amides is 3. The number of hydrogen-bond acceptors (Lipinski definition) is 5. The molecule has 4 aliphatic heterocycles. The molecule has 1 saturated carbocycles. The summed E-state index contributed by atoms with van der Waals surface area (Å²) >= 11 is 6.13. The second-order valence-corrected chi connectivity index (χ2v) is 12.9. The lowest BCUT2D eigenvalue weighted by Gasteiger charge is -2.35. The molecule has 9 heteroatoms. The fourth-order valence-corrected chi connectivity index (χ4v) is 7.97. The van der Waals surface area contributed by atoms with Crippen LogP contribution in [0.4, 0.5) is 5.69 Å². The quantitative estimate of drug-likeness (QED) is 0.463. The fraction of sp³-hybridized carbons (Fsp3) is 0.645. The molecule has 40 heavy (non-hydrogen) atoms. The Morgan fingerprint density at radius 1 is 1.10 bits per heavy atom. The van der Waals surface area contributed by atoms with Crippen LogP contribution in [0.15, 0.2) is 36.4 Å². The zero-order valence-electron chi connectivity index (χ0n) is 23.3. The standard InChI is InChI=1S/C31H41ClN4O4/c1-20-8-6-15-35(19-20)16-7-17-36-27(29(38)33-22-10-3-2-4-11-22)31-14-13-24(40-31)25(26(31)30(36)39)28(37)34-23-12-5-9-21(32)18-23/h5,9,12-14,18,20,22,24-27H,2-4,6-8,10-11,15-17,19H2,1H3,(H,33,38)(H,34,37)/t20-,24+,25-,26+,27-,31+/m1/s1. The van der Waals surface area contributed by atoms with Gasteiger partial charge in [0.25, 0.3) is 0 Å². The number of rotatable bonds is 8. The summed E-state index contributed by atoms with van der Waals surface area (Å²) in [5.41, 5.74) is -0.556. The molecule has 5 aliphatic rings. The molecule has 1 aromatic carbocycles. The SMILES string of the molecule is C[C@@H]1CCCN(CCCN2C(=O)[C@@H]3[C@H](C(=O)Nc4cccc(Cl)c4)[C@@H]4C=C[C@@]3(O4)[C@H]2C(=O)NC2CCCCC2)C1. The van der Waals surface area contributed by atoms with Crippen LogP contribution in [-0.2, 0) is 19.1 Å². The van der Waals surface area contributed by atoms with Gasteiger partial charge in [-0.25, -0.2) is 0 Å². The van der Waals surface area contributed by atoms with Gasteiger partial charge in [0.05, 0.1) is 17.9 Å². The van der Waals surface area contributed by atoms with Gasteiger partial charge in [-0.3, -0.25) is 14.4 Å². The van der Waals surface area contributed by atoms with Crippen LogP contribution in [0, 0.1) is 17.8 Å². The highest BCUT2D eigenvalue weighted by atomic mass is 35.5. The van der Waals surface area contributed by atoms with E-state index in [9.17, 15) is 14.4 Å². The van der Waals surface area contributed by atoms with E-state index < -0.39 is 29.6 Å². The Morgan fingerprint density at radius 2 is 1.93 bits per heavy atom. The van der Waals surface area contributed by atoms with E-state index in [1.807, 2.05) is 12.2 Å². The predicted octanol–water partition coefficient (Wildman–Crippen LogP) is 4.00. The first-order valence-corrected chi connectivity index (χ1v) is 15.5. The van der Waals surface area contributed by atoms with Crippen molar-refractivity contribution in [3.8, 4) is 0 Å². The zero-order chi connectivity index (χ0) is 27.9. The number of likely N-dealkylation sites (tertiary alicyclic amines) is 2. The number of ether oxygens (including phenoxy) is 1. The Bertz CT molecular complexity index is 1170. The maximum atomic E-state index is 14.2. The van der Waals surface area contributed by atoms with Gasteiger partial charge in [0.2, 0.25) is 17.7 Å². The second kappa shape index (κ2) is 11.5. The third-order valence-electron chi connectivity index (χ3n) is 9.58. The van der Waals surface area contributed by atoms with Crippen molar-refractivity contribution >= 4 is 35.0 Å². The van der Waals surface area contributed by atoms with Crippen LogP contribution in [-0.4, -0.2) is 77.5 Å². The second-order valence-electron chi connectivity index (χ2n) is 12.5. The topological polar surface area (TPSA) is 91.0 Å². The minimum Gasteiger partial charge on any atom is -0.359 e. The van der Waals surface area contributed by atoms with Crippen LogP contribution in [0.2, 0.25) is 5.02 Å². The molecule has 216 valence electrons. The zero-order valence-corrected chi connectivity index (χ0v) is 24.1. The van der Waals surface area contributed by atoms with E-state index in [0.717, 1.165) is 51.7 Å². The van der Waals surface area contributed by atoms with Gasteiger partial charge in [-0.15, -0.1) is 0 Å². The normalized spacial score (nSPS) is 33.8. The molecule has 3 saturated heterocycles. The van der Waals surface area contributed by atoms with Crippen molar-refractivity contribution in [1.82, 2.24) is 15.1 Å². The van der Waals surface area contributed by atoms with Crippen molar-refractivity contribution in [3.05, 3.63) is 41.4 Å². The van der Waals surface area contributed by atoms with Crippen LogP contribution >= 0.6 is 11.6 Å². The fourth-order valence-electron chi connectivity index (χ4n) is 7.78. The van der Waals surface area contributed by atoms with Crippen LogP contribution in [0.1, 0.15) is 58.3 Å². The van der Waals surface area contributed by atoms with Gasteiger partial charge in [-0.1, -0.05) is 56.0 Å². The number of piperidine rings is 1. The summed E-state index contributed by atoms with van der Waals surface area (Å²) in [5.74, 6) is -1.37. The summed E-state index contributed by atoms with van der Waals surface area (Å²) in [6.45, 7) is 5.80. The van der Waals surface area contributed by atoms with Crippen LogP contribution in [0.5, 0.6) is 0 Å². The Labute approximate surface area is 241 Å². The Kier molecular flexibility index (Phi) is 7.94. The van der Waals surface area contributed by atoms with Crippen LogP contribution in [0.25, 0.3) is 0 Å². The lowest BCUT2D eigenvalue weighted by molar-refractivity contribution is -0.141. The van der Waals surface area contributed by atoms with Crippen molar-refractivity contribution in [2.24, 2.45) is 17.8 Å².